The van der Waals surface area contributed by atoms with Crippen molar-refractivity contribution in [2.24, 2.45) is 0 Å². The van der Waals surface area contributed by atoms with Gasteiger partial charge in [0.05, 0.1) is 0 Å². The van der Waals surface area contributed by atoms with Crippen LogP contribution < -0.4 is 23.7 Å². The zero-order valence-corrected chi connectivity index (χ0v) is 70.6. The molecule has 0 fully saturated rings. The van der Waals surface area contributed by atoms with Crippen LogP contribution in [0, 0.1) is 14.3 Å². The maximum atomic E-state index is 4.81. The van der Waals surface area contributed by atoms with Gasteiger partial charge in [0.25, 0.3) is 0 Å². The molecule has 452 valence electrons. The van der Waals surface area contributed by atoms with E-state index in [0.29, 0.717) is 0 Å². The third-order valence-electron chi connectivity index (χ3n) is 12.5. The van der Waals surface area contributed by atoms with E-state index in [-0.39, 0.29) is 33.4 Å². The molecule has 11 aromatic carbocycles. The smallest absolute Gasteiger partial charge is 0.180 e. The number of alkyl halides is 3. The van der Waals surface area contributed by atoms with Crippen LogP contribution in [0.3, 0.4) is 0 Å². The Balaban J connectivity index is 0.000000290. The molecular formula is C69H55Br8Cl4GeI4N. The molecule has 0 amide bonds. The zero-order valence-electron chi connectivity index (χ0n) is 44.1. The predicted octanol–water partition coefficient (Wildman–Crippen LogP) is 27.2. The molecule has 0 radical (unpaired) electrons. The van der Waals surface area contributed by atoms with Gasteiger partial charge in [-0.3, -0.25) is 0 Å². The average molecular weight is 2260 g/mol. The molecule has 0 bridgehead atoms. The van der Waals surface area contributed by atoms with Crippen LogP contribution in [0.1, 0.15) is 14.9 Å². The number of hydrogen-bond acceptors (Lipinski definition) is 1. The molecular weight excluding hydrogens is 2200 g/mol. The molecule has 0 atom stereocenters. The predicted molar refractivity (Wildman–Crippen MR) is 451 cm³/mol. The largest absolute Gasteiger partial charge is 0.344 e. The second-order valence-corrected chi connectivity index (χ2v) is 39.2. The molecule has 18 heteroatoms. The van der Waals surface area contributed by atoms with Gasteiger partial charge in [0.2, 0.25) is 0 Å². The maximum Gasteiger partial charge on any atom is 0.180 e. The van der Waals surface area contributed by atoms with Gasteiger partial charge in [-0.1, -0.05) is 198 Å². The van der Waals surface area contributed by atoms with Crippen molar-refractivity contribution in [1.82, 2.24) is 6.15 Å². The quantitative estimate of drug-likeness (QED) is 0.104. The monoisotopic (exact) mass is 2250 g/mol. The van der Waals surface area contributed by atoms with E-state index in [1.807, 2.05) is 48.5 Å². The SMILES string of the molecule is Brc1cc[c]2c(c1)-c1cc(Br)cc[c]1[Ge]2([c]1ccccc1)[c]1ccccc1.Brc1ccc(I)c(-c2cc(Br)ccc2I)c1.Brc1ccccc1-c1ccccc1Br.Brc1ccccc1Br.C.C.Cl.ClC(Cl)Cl.Ic1ccccc1-c1ccccc1I.N. The van der Waals surface area contributed by atoms with E-state index < -0.39 is 17.6 Å². The Morgan fingerprint density at radius 2 is 0.517 bits per heavy atom. The standard InChI is InChI=1S/C24H16Br2Ge.C12H6Br2I2.C12H8Br2.C12H8I2.C6H4Br2.CHCl3.2CH4.ClH.H3N/c25-17-11-13-23-21(15-17)22-16-18(26)12-14-24(22)27(23,19-7-3-1-4-8-19)20-9-5-2-6-10-20;13-7-1-3-11(15)9(5-7)10-6-8(14)2-4-12(10)16;2*13-11-7-3-1-5-9(11)10-6-2-4-8-12(10)14;7-5-3-1-2-4-6(5)8;2-1(3)4;;;;/h1-16H;1-6H;2*1-8H;1-4H;1H;2*1H4;1H;1H3. The van der Waals surface area contributed by atoms with Crippen molar-refractivity contribution in [3.63, 3.8) is 0 Å². The Morgan fingerprint density at radius 3 is 0.816 bits per heavy atom. The minimum absolute atomic E-state index is 0. The van der Waals surface area contributed by atoms with E-state index in [9.17, 15) is 0 Å². The molecule has 0 aliphatic carbocycles. The zero-order chi connectivity index (χ0) is 59.6. The molecule has 0 unspecified atom stereocenters. The second-order valence-electron chi connectivity index (χ2n) is 17.7. The fourth-order valence-electron chi connectivity index (χ4n) is 9.01. The third kappa shape index (κ3) is 22.8. The Bertz CT molecular complexity index is 3610. The summed E-state index contributed by atoms with van der Waals surface area (Å²) in [6, 6.07) is 89.9. The average Bonchev–Trinajstić information content (AvgIpc) is 1.57. The van der Waals surface area contributed by atoms with E-state index >= 15 is 0 Å². The fourth-order valence-corrected chi connectivity index (χ4v) is 25.4. The third-order valence-corrected chi connectivity index (χ3v) is 31.8. The van der Waals surface area contributed by atoms with Crippen molar-refractivity contribution in [2.45, 2.75) is 19.1 Å². The second kappa shape index (κ2) is 40.9. The van der Waals surface area contributed by atoms with Crippen LogP contribution in [0.15, 0.2) is 291 Å². The van der Waals surface area contributed by atoms with Gasteiger partial charge < -0.3 is 6.15 Å². The van der Waals surface area contributed by atoms with Gasteiger partial charge in [0, 0.05) is 41.1 Å². The molecule has 0 saturated heterocycles. The van der Waals surface area contributed by atoms with Crippen LogP contribution in [0.4, 0.5) is 0 Å². The van der Waals surface area contributed by atoms with Gasteiger partial charge in [-0.15, -0.1) is 12.4 Å². The van der Waals surface area contributed by atoms with Gasteiger partial charge in [-0.2, -0.15) is 0 Å². The fraction of sp³-hybridized carbons (Fsp3) is 0.0435. The van der Waals surface area contributed by atoms with Gasteiger partial charge in [-0.25, -0.2) is 0 Å². The minimum Gasteiger partial charge on any atom is -0.344 e. The number of halogens is 16. The molecule has 0 spiro atoms. The van der Waals surface area contributed by atoms with E-state index in [1.54, 1.807) is 0 Å². The summed E-state index contributed by atoms with van der Waals surface area (Å²) in [5.41, 5.74) is 10.3. The van der Waals surface area contributed by atoms with Crippen LogP contribution in [0.25, 0.3) is 44.5 Å². The molecule has 87 heavy (non-hydrogen) atoms. The molecule has 3 N–H and O–H groups in total. The van der Waals surface area contributed by atoms with E-state index in [4.69, 9.17) is 34.8 Å². The van der Waals surface area contributed by atoms with Crippen molar-refractivity contribution in [3.05, 3.63) is 305 Å². The first-order valence-corrected chi connectivity index (χ1v) is 41.0. The molecule has 0 aromatic heterocycles. The summed E-state index contributed by atoms with van der Waals surface area (Å²) < 4.78 is 19.3. The van der Waals surface area contributed by atoms with Crippen LogP contribution >= 0.6 is 265 Å². The summed E-state index contributed by atoms with van der Waals surface area (Å²) in [6.07, 6.45) is 0. The number of benzene rings is 11. The maximum absolute atomic E-state index is 4.81. The first-order valence-electron chi connectivity index (χ1n) is 24.8. The Kier molecular flexibility index (Phi) is 38.2. The van der Waals surface area contributed by atoms with Gasteiger partial charge in [0.1, 0.15) is 0 Å². The first-order chi connectivity index (χ1) is 39.9. The van der Waals surface area contributed by atoms with E-state index in [2.05, 4.69) is 424 Å². The molecule has 0 saturated carbocycles. The first kappa shape index (κ1) is 81.1. The molecule has 1 nitrogen and oxygen atoms in total. The Hall–Kier alpha value is -0.157. The summed E-state index contributed by atoms with van der Waals surface area (Å²) in [7, 11) is 0. The summed E-state index contributed by atoms with van der Waals surface area (Å²) in [4.78, 5) is 0. The normalized spacial score (nSPS) is 10.8. The molecule has 1 heterocycles. The minimum atomic E-state index is -3.01. The topological polar surface area (TPSA) is 35.0 Å². The van der Waals surface area contributed by atoms with Crippen molar-refractivity contribution in [3.8, 4) is 44.5 Å². The van der Waals surface area contributed by atoms with E-state index in [0.717, 1.165) is 35.8 Å². The number of rotatable bonds is 5. The molecule has 1 aliphatic rings. The van der Waals surface area contributed by atoms with Crippen LogP contribution in [-0.2, 0) is 0 Å². The van der Waals surface area contributed by atoms with Crippen molar-refractivity contribution >= 4 is 296 Å². The van der Waals surface area contributed by atoms with Crippen molar-refractivity contribution < 1.29 is 0 Å². The number of hydrogen-bond donors (Lipinski definition) is 1. The summed E-state index contributed by atoms with van der Waals surface area (Å²) in [6.45, 7) is 0. The van der Waals surface area contributed by atoms with Crippen LogP contribution in [0.5, 0.6) is 0 Å². The Morgan fingerprint density at radius 1 is 0.276 bits per heavy atom. The Labute approximate surface area is 659 Å². The molecule has 12 rings (SSSR count). The van der Waals surface area contributed by atoms with Crippen LogP contribution in [0.2, 0.25) is 0 Å². The van der Waals surface area contributed by atoms with E-state index in [1.165, 1.54) is 76.4 Å². The summed E-state index contributed by atoms with van der Waals surface area (Å²) in [5, 5.41) is 0. The molecule has 1 aliphatic heterocycles. The number of fused-ring (bicyclic) bond motifs is 3. The van der Waals surface area contributed by atoms with Gasteiger partial charge >= 0.3 is 180 Å². The summed E-state index contributed by atoms with van der Waals surface area (Å²) >= 11 is 49.1. The van der Waals surface area contributed by atoms with Crippen LogP contribution in [-0.4, -0.2) is 17.6 Å². The summed E-state index contributed by atoms with van der Waals surface area (Å²) in [5.74, 6) is 0. The van der Waals surface area contributed by atoms with Crippen molar-refractivity contribution in [1.29, 1.82) is 0 Å². The van der Waals surface area contributed by atoms with Gasteiger partial charge in [-0.05, 0) is 228 Å². The molecule has 11 aromatic rings. The van der Waals surface area contributed by atoms with Crippen molar-refractivity contribution in [2.75, 3.05) is 0 Å². The van der Waals surface area contributed by atoms with Gasteiger partial charge in [0.15, 0.2) is 4.30 Å².